The van der Waals surface area contributed by atoms with Crippen LogP contribution in [0.3, 0.4) is 0 Å². The number of hydrogen-bond donors (Lipinski definition) is 0. The van der Waals surface area contributed by atoms with Crippen LogP contribution in [0.15, 0.2) is 42.7 Å². The molecule has 1 heterocycles. The monoisotopic (exact) mass is 241 g/mol. The smallest absolute Gasteiger partial charge is 0.416 e. The van der Waals surface area contributed by atoms with Crippen LogP contribution >= 0.6 is 0 Å². The Morgan fingerprint density at radius 3 is 2.24 bits per heavy atom. The molecule has 0 saturated carbocycles. The number of benzene rings is 1. The average molecular weight is 241 g/mol. The summed E-state index contributed by atoms with van der Waals surface area (Å²) in [5, 5.41) is 0. The number of halogens is 3. The molecule has 17 heavy (non-hydrogen) atoms. The Labute approximate surface area is 96.2 Å². The van der Waals surface area contributed by atoms with Gasteiger partial charge >= 0.3 is 6.18 Å². The van der Waals surface area contributed by atoms with Gasteiger partial charge in [-0.25, -0.2) is 0 Å². The lowest BCUT2D eigenvalue weighted by Gasteiger charge is -2.12. The molecule has 1 aromatic heterocycles. The number of nitrogens with zero attached hydrogens (tertiary/aromatic N) is 1. The second-order valence-electron chi connectivity index (χ2n) is 3.51. The molecule has 5 heteroatoms. The number of aromatic nitrogens is 1. The van der Waals surface area contributed by atoms with Gasteiger partial charge in [0.15, 0.2) is 0 Å². The van der Waals surface area contributed by atoms with Crippen LogP contribution in [0.25, 0.3) is 5.69 Å². The average Bonchev–Trinajstić information content (AvgIpc) is 2.80. The zero-order valence-electron chi connectivity index (χ0n) is 9.03. The van der Waals surface area contributed by atoms with Crippen molar-refractivity contribution in [3.8, 4) is 11.4 Å². The topological polar surface area (TPSA) is 14.2 Å². The first-order valence-corrected chi connectivity index (χ1v) is 4.90. The van der Waals surface area contributed by atoms with E-state index in [0.717, 1.165) is 12.1 Å². The van der Waals surface area contributed by atoms with Crippen LogP contribution < -0.4 is 4.74 Å². The van der Waals surface area contributed by atoms with Crippen LogP contribution in [0.2, 0.25) is 0 Å². The van der Waals surface area contributed by atoms with Gasteiger partial charge < -0.3 is 9.30 Å². The minimum Gasteiger partial charge on any atom is -0.497 e. The van der Waals surface area contributed by atoms with E-state index in [9.17, 15) is 13.2 Å². The van der Waals surface area contributed by atoms with Gasteiger partial charge in [-0.15, -0.1) is 0 Å². The number of methoxy groups -OCH3 is 1. The van der Waals surface area contributed by atoms with E-state index in [0.29, 0.717) is 5.69 Å². The molecule has 0 amide bonds. The van der Waals surface area contributed by atoms with E-state index in [1.165, 1.54) is 7.11 Å². The van der Waals surface area contributed by atoms with Crippen molar-refractivity contribution in [2.75, 3.05) is 7.11 Å². The lowest BCUT2D eigenvalue weighted by atomic mass is 10.2. The molecule has 0 unspecified atom stereocenters. The maximum atomic E-state index is 12.7. The van der Waals surface area contributed by atoms with Crippen LogP contribution in [-0.4, -0.2) is 11.7 Å². The van der Waals surface area contributed by atoms with Crippen LogP contribution in [0.5, 0.6) is 5.75 Å². The molecule has 0 radical (unpaired) electrons. The summed E-state index contributed by atoms with van der Waals surface area (Å²) < 4.78 is 44.5. The molecular weight excluding hydrogens is 231 g/mol. The quantitative estimate of drug-likeness (QED) is 0.784. The number of ether oxygens (including phenoxy) is 1. The Balaban J connectivity index is 2.54. The van der Waals surface area contributed by atoms with Crippen molar-refractivity contribution in [3.05, 3.63) is 48.3 Å². The second-order valence-corrected chi connectivity index (χ2v) is 3.51. The fourth-order valence-corrected chi connectivity index (χ4v) is 1.52. The first kappa shape index (κ1) is 11.6. The van der Waals surface area contributed by atoms with Gasteiger partial charge in [0.2, 0.25) is 0 Å². The van der Waals surface area contributed by atoms with Crippen molar-refractivity contribution in [1.29, 1.82) is 0 Å². The molecule has 0 bridgehead atoms. The molecule has 2 aromatic rings. The summed E-state index contributed by atoms with van der Waals surface area (Å²) in [7, 11) is 1.34. The van der Waals surface area contributed by atoms with Crippen LogP contribution in [0.4, 0.5) is 13.2 Å². The van der Waals surface area contributed by atoms with Crippen molar-refractivity contribution in [3.63, 3.8) is 0 Å². The second kappa shape index (κ2) is 4.16. The number of hydrogen-bond acceptors (Lipinski definition) is 1. The number of rotatable bonds is 2. The standard InChI is InChI=1S/C12H10F3NO/c1-17-11-7-9(12(13,14)15)6-10(8-11)16-4-2-3-5-16/h2-8H,1H3. The minimum atomic E-state index is -4.38. The zero-order valence-corrected chi connectivity index (χ0v) is 9.03. The van der Waals surface area contributed by atoms with E-state index >= 15 is 0 Å². The lowest BCUT2D eigenvalue weighted by molar-refractivity contribution is -0.137. The summed E-state index contributed by atoms with van der Waals surface area (Å²) in [6.45, 7) is 0. The maximum absolute atomic E-state index is 12.7. The first-order valence-electron chi connectivity index (χ1n) is 4.90. The molecule has 90 valence electrons. The molecule has 0 N–H and O–H groups in total. The van der Waals surface area contributed by atoms with Crippen LogP contribution in [-0.2, 0) is 6.18 Å². The van der Waals surface area contributed by atoms with E-state index < -0.39 is 11.7 Å². The highest BCUT2D eigenvalue weighted by atomic mass is 19.4. The lowest BCUT2D eigenvalue weighted by Crippen LogP contribution is -2.06. The molecule has 2 rings (SSSR count). The fraction of sp³-hybridized carbons (Fsp3) is 0.167. The van der Waals surface area contributed by atoms with Crippen molar-refractivity contribution in [1.82, 2.24) is 4.57 Å². The van der Waals surface area contributed by atoms with E-state index in [-0.39, 0.29) is 5.75 Å². The molecule has 0 saturated heterocycles. The van der Waals surface area contributed by atoms with Gasteiger partial charge in [-0.1, -0.05) is 0 Å². The molecule has 1 aromatic carbocycles. The van der Waals surface area contributed by atoms with Crippen molar-refractivity contribution in [2.24, 2.45) is 0 Å². The summed E-state index contributed by atoms with van der Waals surface area (Å²) in [6.07, 6.45) is -1.03. The molecule has 0 aliphatic rings. The first-order chi connectivity index (χ1) is 8.00. The van der Waals surface area contributed by atoms with Crippen molar-refractivity contribution in [2.45, 2.75) is 6.18 Å². The molecule has 0 aliphatic heterocycles. The van der Waals surface area contributed by atoms with E-state index in [4.69, 9.17) is 4.74 Å². The summed E-state index contributed by atoms with van der Waals surface area (Å²) in [6, 6.07) is 7.10. The van der Waals surface area contributed by atoms with Crippen LogP contribution in [0.1, 0.15) is 5.56 Å². The van der Waals surface area contributed by atoms with Crippen molar-refractivity contribution >= 4 is 0 Å². The Morgan fingerprint density at radius 2 is 1.71 bits per heavy atom. The summed E-state index contributed by atoms with van der Waals surface area (Å²) in [4.78, 5) is 0. The highest BCUT2D eigenvalue weighted by Gasteiger charge is 2.31. The SMILES string of the molecule is COc1cc(-n2cccc2)cc(C(F)(F)F)c1. The molecule has 0 spiro atoms. The Hall–Kier alpha value is -1.91. The molecule has 0 fully saturated rings. The normalized spacial score (nSPS) is 11.5. The predicted octanol–water partition coefficient (Wildman–Crippen LogP) is 3.50. The fourth-order valence-electron chi connectivity index (χ4n) is 1.52. The molecule has 0 atom stereocenters. The Morgan fingerprint density at radius 1 is 1.06 bits per heavy atom. The third kappa shape index (κ3) is 2.43. The van der Waals surface area contributed by atoms with E-state index in [1.54, 1.807) is 35.2 Å². The van der Waals surface area contributed by atoms with Gasteiger partial charge in [0, 0.05) is 24.1 Å². The van der Waals surface area contributed by atoms with Crippen LogP contribution in [0, 0.1) is 0 Å². The summed E-state index contributed by atoms with van der Waals surface area (Å²) >= 11 is 0. The molecule has 0 aliphatic carbocycles. The Kier molecular flexibility index (Phi) is 2.83. The highest BCUT2D eigenvalue weighted by molar-refractivity contribution is 5.44. The maximum Gasteiger partial charge on any atom is 0.416 e. The van der Waals surface area contributed by atoms with Gasteiger partial charge in [-0.2, -0.15) is 13.2 Å². The van der Waals surface area contributed by atoms with Gasteiger partial charge in [0.25, 0.3) is 0 Å². The zero-order chi connectivity index (χ0) is 12.5. The van der Waals surface area contributed by atoms with Gasteiger partial charge in [0.1, 0.15) is 5.75 Å². The van der Waals surface area contributed by atoms with Gasteiger partial charge in [0.05, 0.1) is 12.7 Å². The number of alkyl halides is 3. The third-order valence-corrected chi connectivity index (χ3v) is 2.36. The van der Waals surface area contributed by atoms with Crippen molar-refractivity contribution < 1.29 is 17.9 Å². The summed E-state index contributed by atoms with van der Waals surface area (Å²) in [5.41, 5.74) is -0.303. The van der Waals surface area contributed by atoms with E-state index in [2.05, 4.69) is 0 Å². The summed E-state index contributed by atoms with van der Waals surface area (Å²) in [5.74, 6) is 0.184. The Bertz CT molecular complexity index is 503. The predicted molar refractivity (Wildman–Crippen MR) is 57.3 cm³/mol. The molecule has 2 nitrogen and oxygen atoms in total. The largest absolute Gasteiger partial charge is 0.497 e. The van der Waals surface area contributed by atoms with E-state index in [1.807, 2.05) is 0 Å². The van der Waals surface area contributed by atoms with Gasteiger partial charge in [-0.05, 0) is 24.3 Å². The third-order valence-electron chi connectivity index (χ3n) is 2.36. The molecular formula is C12H10F3NO. The highest BCUT2D eigenvalue weighted by Crippen LogP contribution is 2.33. The minimum absolute atomic E-state index is 0.184. The van der Waals surface area contributed by atoms with Gasteiger partial charge in [-0.3, -0.25) is 0 Å².